The summed E-state index contributed by atoms with van der Waals surface area (Å²) >= 11 is 0. The molecule has 12 nitrogen and oxygen atoms in total. The number of aliphatic hydroxyl groups is 2. The van der Waals surface area contributed by atoms with Gasteiger partial charge in [0.1, 0.15) is 18.0 Å². The molecule has 2 aromatic heterocycles. The number of rotatable bonds is 10. The summed E-state index contributed by atoms with van der Waals surface area (Å²) in [5.41, 5.74) is 0. The molecule has 0 saturated heterocycles. The van der Waals surface area contributed by atoms with Crippen LogP contribution in [0.25, 0.3) is 0 Å². The van der Waals surface area contributed by atoms with Crippen molar-refractivity contribution in [1.82, 2.24) is 8.17 Å². The summed E-state index contributed by atoms with van der Waals surface area (Å²) in [6.07, 6.45) is 5.57. The molecule has 0 unspecified atom stereocenters. The summed E-state index contributed by atoms with van der Waals surface area (Å²) in [6, 6.07) is 15.7. The Morgan fingerprint density at radius 1 is 0.615 bits per heavy atom. The first-order chi connectivity index (χ1) is 16.8. The third kappa shape index (κ3) is 8.30. The predicted octanol–water partition coefficient (Wildman–Crippen LogP) is -14.6. The summed E-state index contributed by atoms with van der Waals surface area (Å²) < 4.78 is 61.1. The molecule has 0 aliphatic carbocycles. The van der Waals surface area contributed by atoms with Gasteiger partial charge in [0.25, 0.3) is 0 Å². The van der Waals surface area contributed by atoms with Gasteiger partial charge in [-0.2, -0.15) is 21.4 Å². The van der Waals surface area contributed by atoms with Crippen LogP contribution in [-0.4, -0.2) is 48.4 Å². The molecule has 39 heavy (non-hydrogen) atoms. The third-order valence-electron chi connectivity index (χ3n) is 5.14. The van der Waals surface area contributed by atoms with Crippen molar-refractivity contribution in [3.8, 4) is 0 Å². The van der Waals surface area contributed by atoms with E-state index >= 15 is 0 Å². The minimum Gasteiger partial charge on any atom is -1.00 e. The first kappa shape index (κ1) is 37.6. The summed E-state index contributed by atoms with van der Waals surface area (Å²) in [4.78, 5) is 0.0984. The number of aliphatic hydroxyl groups excluding tert-OH is 2. The van der Waals surface area contributed by atoms with Crippen LogP contribution in [0.1, 0.15) is 0 Å². The Morgan fingerprint density at radius 2 is 0.949 bits per heavy atom. The monoisotopic (exact) mass is 846 g/mol. The maximum atomic E-state index is 13.4. The van der Waals surface area contributed by atoms with E-state index in [1.807, 2.05) is 0 Å². The quantitative estimate of drug-likeness (QED) is 0.121. The lowest BCUT2D eigenvalue weighted by Crippen LogP contribution is -3.00. The van der Waals surface area contributed by atoms with Gasteiger partial charge in [0.2, 0.25) is 0 Å². The Balaban J connectivity index is 0.00000361. The van der Waals surface area contributed by atoms with Crippen molar-refractivity contribution in [2.75, 3.05) is 13.2 Å². The average molecular weight is 847 g/mol. The van der Waals surface area contributed by atoms with E-state index < -0.39 is 20.0 Å². The summed E-state index contributed by atoms with van der Waals surface area (Å²) in [6.45, 7) is -0.383. The summed E-state index contributed by atoms with van der Waals surface area (Å²) in [5.74, 6) is 0. The zero-order chi connectivity index (χ0) is 25.1. The van der Waals surface area contributed by atoms with Gasteiger partial charge < -0.3 is 83.0 Å². The minimum absolute atomic E-state index is 0. The fourth-order valence-electron chi connectivity index (χ4n) is 3.50. The van der Waals surface area contributed by atoms with Gasteiger partial charge in [-0.05, 0) is 24.3 Å². The molecule has 0 aliphatic rings. The molecule has 0 saturated carbocycles. The molecule has 0 amide bonds. The van der Waals surface area contributed by atoms with Gasteiger partial charge in [0.05, 0.1) is 20.3 Å². The highest BCUT2D eigenvalue weighted by atomic mass is 127. The number of hydrogen-bond acceptors (Lipinski definition) is 6. The van der Waals surface area contributed by atoms with Crippen LogP contribution in [-0.2, 0) is 39.8 Å². The third-order valence-corrected chi connectivity index (χ3v) is 8.47. The second kappa shape index (κ2) is 16.1. The summed E-state index contributed by atoms with van der Waals surface area (Å²) in [5, 5.41) is 18.7. The fraction of sp³-hybridized carbons (Fsp3) is 0.238. The lowest BCUT2D eigenvalue weighted by molar-refractivity contribution is -0.991. The topological polar surface area (TPSA) is 134 Å². The molecule has 0 atom stereocenters. The van der Waals surface area contributed by atoms with E-state index in [2.05, 4.69) is 0 Å². The smallest absolute Gasteiger partial charge is 0.437 e. The van der Waals surface area contributed by atoms with Crippen molar-refractivity contribution in [1.29, 1.82) is 0 Å². The zero-order valence-electron chi connectivity index (χ0n) is 20.2. The number of nitrogens with zero attached hydrogens (tertiary/aromatic N) is 6. The van der Waals surface area contributed by atoms with Crippen molar-refractivity contribution in [2.24, 2.45) is 0 Å². The number of aromatic nitrogens is 6. The molecule has 216 valence electrons. The molecule has 2 N–H and O–H groups in total. The molecule has 4 aromatic rings. The van der Waals surface area contributed by atoms with Crippen LogP contribution in [0.15, 0.2) is 95.8 Å². The molecule has 4 rings (SSSR count). The van der Waals surface area contributed by atoms with Crippen LogP contribution < -0.4 is 91.3 Å². The van der Waals surface area contributed by atoms with Gasteiger partial charge in [-0.15, -0.1) is 4.57 Å². The van der Waals surface area contributed by atoms with Crippen LogP contribution in [0.3, 0.4) is 0 Å². The van der Waals surface area contributed by atoms with E-state index in [0.717, 1.165) is 8.17 Å². The van der Waals surface area contributed by atoms with Gasteiger partial charge in [-0.25, -0.2) is 0 Å². The maximum Gasteiger partial charge on any atom is 0.437 e. The maximum absolute atomic E-state index is 13.4. The lowest BCUT2D eigenvalue weighted by atomic mass is 10.4. The Bertz CT molecular complexity index is 1420. The normalized spacial score (nSPS) is 10.9. The molecule has 0 fully saturated rings. The number of benzene rings is 2. The Labute approximate surface area is 273 Å². The molecule has 0 bridgehead atoms. The molecule has 2 heterocycles. The Morgan fingerprint density at radius 3 is 1.26 bits per heavy atom. The Kier molecular flexibility index (Phi) is 15.5. The highest BCUT2D eigenvalue weighted by molar-refractivity contribution is 7.90. The lowest BCUT2D eigenvalue weighted by Gasteiger charge is -2.00. The first-order valence-electron chi connectivity index (χ1n) is 10.6. The molecule has 0 radical (unpaired) electrons. The van der Waals surface area contributed by atoms with E-state index in [4.69, 9.17) is 0 Å². The molecular weight excluding hydrogens is 821 g/mol. The van der Waals surface area contributed by atoms with Crippen LogP contribution in [0.2, 0.25) is 0 Å². The average Bonchev–Trinajstić information content (AvgIpc) is 3.45. The molecular formula is C21H26Cl2I2N6O6S2. The summed E-state index contributed by atoms with van der Waals surface area (Å²) in [7, 11) is -8.07. The van der Waals surface area contributed by atoms with Gasteiger partial charge in [0, 0.05) is 8.77 Å². The van der Waals surface area contributed by atoms with Crippen LogP contribution in [0.4, 0.5) is 0 Å². The predicted molar refractivity (Wildman–Crippen MR) is 117 cm³/mol. The molecule has 2 aromatic carbocycles. The van der Waals surface area contributed by atoms with Crippen LogP contribution in [0, 0.1) is 0 Å². The number of halogens is 4. The molecule has 0 aliphatic heterocycles. The van der Waals surface area contributed by atoms with Crippen molar-refractivity contribution in [3.05, 3.63) is 86.0 Å². The largest absolute Gasteiger partial charge is 1.00 e. The molecule has 18 heteroatoms. The fourth-order valence-corrected chi connectivity index (χ4v) is 6.16. The van der Waals surface area contributed by atoms with Gasteiger partial charge >= 0.3 is 52.0 Å². The second-order valence-electron chi connectivity index (χ2n) is 7.59. The van der Waals surface area contributed by atoms with Gasteiger partial charge in [-0.3, -0.25) is 0 Å². The van der Waals surface area contributed by atoms with E-state index in [-0.39, 0.29) is 116 Å². The van der Waals surface area contributed by atoms with Crippen molar-refractivity contribution >= 4 is 20.0 Å². The van der Waals surface area contributed by atoms with Crippen LogP contribution in [0.5, 0.6) is 0 Å². The zero-order valence-corrected chi connectivity index (χ0v) is 27.6. The van der Waals surface area contributed by atoms with E-state index in [1.165, 1.54) is 68.1 Å². The van der Waals surface area contributed by atoms with E-state index in [1.54, 1.807) is 36.4 Å². The van der Waals surface area contributed by atoms with Crippen molar-refractivity contribution < 1.29 is 118 Å². The van der Waals surface area contributed by atoms with Gasteiger partial charge in [0.15, 0.2) is 6.54 Å². The van der Waals surface area contributed by atoms with E-state index in [9.17, 15) is 27.0 Å². The minimum atomic E-state index is -4.03. The number of hydrogen-bond donors (Lipinski definition) is 2. The van der Waals surface area contributed by atoms with Gasteiger partial charge in [-0.1, -0.05) is 36.4 Å². The first-order valence-corrected chi connectivity index (χ1v) is 13.5. The highest BCUT2D eigenvalue weighted by Crippen LogP contribution is 2.11. The standard InChI is InChI=1S/C21H26N6O6S2.2ClH.2HI/c28-13-11-22-15-24(26(17-22)34(30,31)20-7-3-1-4-8-20)19-25-16-23(12-14-29)18-27(25)35(32,33)21-9-5-2-6-10-21;;;;/h1-10,15-18,28-29H,11-14,19H2;4*1H/q+4;;;;/p-4. The van der Waals surface area contributed by atoms with Crippen LogP contribution >= 0.6 is 0 Å². The van der Waals surface area contributed by atoms with E-state index in [0.29, 0.717) is 0 Å². The SMILES string of the molecule is O=S(=O)(c1ccccc1)n1c[n+](CCO)c[n+]1C[n+]1c[n+](CCO)cn1S(=O)(=O)c1ccccc1.[Cl-].[Cl-].[I-].[I-]. The highest BCUT2D eigenvalue weighted by Gasteiger charge is 2.40. The Hall–Kier alpha value is -1.42. The van der Waals surface area contributed by atoms with Crippen molar-refractivity contribution in [3.63, 3.8) is 0 Å². The van der Waals surface area contributed by atoms with Crippen molar-refractivity contribution in [2.45, 2.75) is 29.5 Å². The second-order valence-corrected chi connectivity index (χ2v) is 11.2. The molecule has 0 spiro atoms.